The first kappa shape index (κ1) is 15.4. The summed E-state index contributed by atoms with van der Waals surface area (Å²) < 4.78 is 1.62. The van der Waals surface area contributed by atoms with E-state index in [9.17, 15) is 4.79 Å². The van der Waals surface area contributed by atoms with Crippen molar-refractivity contribution in [1.82, 2.24) is 14.8 Å². The van der Waals surface area contributed by atoms with Gasteiger partial charge in [-0.05, 0) is 43.7 Å². The molecule has 0 aliphatic rings. The molecule has 0 atom stereocenters. The van der Waals surface area contributed by atoms with Gasteiger partial charge < -0.3 is 5.32 Å². The molecule has 0 unspecified atom stereocenters. The first-order valence-corrected chi connectivity index (χ1v) is 7.39. The molecule has 2 heterocycles. The number of benzene rings is 1. The quantitative estimate of drug-likeness (QED) is 0.805. The molecule has 0 aliphatic carbocycles. The van der Waals surface area contributed by atoms with Crippen molar-refractivity contribution in [1.29, 1.82) is 5.26 Å². The van der Waals surface area contributed by atoms with Crippen molar-refractivity contribution in [3.05, 3.63) is 71.2 Å². The number of rotatable bonds is 3. The number of nitriles is 1. The Labute approximate surface area is 139 Å². The molecule has 2 aromatic heterocycles. The molecule has 1 N–H and O–H groups in total. The summed E-state index contributed by atoms with van der Waals surface area (Å²) >= 11 is 0. The van der Waals surface area contributed by atoms with Gasteiger partial charge in [-0.2, -0.15) is 10.4 Å². The van der Waals surface area contributed by atoms with E-state index in [4.69, 9.17) is 5.26 Å². The Morgan fingerprint density at radius 1 is 1.21 bits per heavy atom. The molecule has 0 spiro atoms. The van der Waals surface area contributed by atoms with E-state index in [2.05, 4.69) is 21.5 Å². The van der Waals surface area contributed by atoms with E-state index >= 15 is 0 Å². The minimum Gasteiger partial charge on any atom is -0.322 e. The largest absolute Gasteiger partial charge is 0.322 e. The maximum Gasteiger partial charge on any atom is 0.259 e. The monoisotopic (exact) mass is 317 g/mol. The zero-order valence-corrected chi connectivity index (χ0v) is 13.3. The normalized spacial score (nSPS) is 10.2. The first-order valence-electron chi connectivity index (χ1n) is 7.39. The van der Waals surface area contributed by atoms with Crippen LogP contribution in [0.2, 0.25) is 0 Å². The highest BCUT2D eigenvalue weighted by molar-refractivity contribution is 6.05. The van der Waals surface area contributed by atoms with Crippen LogP contribution >= 0.6 is 0 Å². The lowest BCUT2D eigenvalue weighted by Crippen LogP contribution is -2.14. The zero-order valence-electron chi connectivity index (χ0n) is 13.3. The van der Waals surface area contributed by atoms with Crippen LogP contribution in [0.15, 0.2) is 48.8 Å². The van der Waals surface area contributed by atoms with Gasteiger partial charge in [-0.25, -0.2) is 9.67 Å². The van der Waals surface area contributed by atoms with Crippen LogP contribution in [0.1, 0.15) is 27.2 Å². The number of nitrogens with one attached hydrogen (secondary N) is 1. The summed E-state index contributed by atoms with van der Waals surface area (Å²) in [6.07, 6.45) is 3.19. The van der Waals surface area contributed by atoms with Crippen LogP contribution in [0, 0.1) is 25.2 Å². The summed E-state index contributed by atoms with van der Waals surface area (Å²) in [5.74, 6) is 0.379. The number of nitrogens with zero attached hydrogens (tertiary/aromatic N) is 4. The van der Waals surface area contributed by atoms with E-state index in [0.29, 0.717) is 28.3 Å². The van der Waals surface area contributed by atoms with Crippen LogP contribution in [0.5, 0.6) is 0 Å². The summed E-state index contributed by atoms with van der Waals surface area (Å²) in [6.45, 7) is 3.62. The molecule has 3 aromatic rings. The van der Waals surface area contributed by atoms with Gasteiger partial charge in [-0.15, -0.1) is 0 Å². The Morgan fingerprint density at radius 2 is 2.04 bits per heavy atom. The fourth-order valence-corrected chi connectivity index (χ4v) is 2.42. The van der Waals surface area contributed by atoms with Crippen LogP contribution in [-0.2, 0) is 0 Å². The number of anilines is 1. The van der Waals surface area contributed by atoms with Gasteiger partial charge >= 0.3 is 0 Å². The highest BCUT2D eigenvalue weighted by Gasteiger charge is 2.16. The zero-order chi connectivity index (χ0) is 17.1. The average molecular weight is 317 g/mol. The molecular formula is C18H15N5O. The van der Waals surface area contributed by atoms with Gasteiger partial charge in [-0.3, -0.25) is 4.79 Å². The summed E-state index contributed by atoms with van der Waals surface area (Å²) in [4.78, 5) is 16.8. The molecule has 24 heavy (non-hydrogen) atoms. The Kier molecular flexibility index (Phi) is 4.08. The summed E-state index contributed by atoms with van der Waals surface area (Å²) in [6, 6.07) is 12.8. The van der Waals surface area contributed by atoms with Crippen LogP contribution in [-0.4, -0.2) is 20.7 Å². The number of carbonyl (C=O) groups excluding carboxylic acids is 1. The Bertz CT molecular complexity index is 938. The van der Waals surface area contributed by atoms with Gasteiger partial charge in [0.1, 0.15) is 0 Å². The highest BCUT2D eigenvalue weighted by Crippen LogP contribution is 2.20. The van der Waals surface area contributed by atoms with Gasteiger partial charge in [0.2, 0.25) is 0 Å². The Balaban J connectivity index is 1.90. The first-order chi connectivity index (χ1) is 11.6. The van der Waals surface area contributed by atoms with E-state index in [1.165, 1.54) is 6.20 Å². The molecular weight excluding hydrogens is 302 g/mol. The molecule has 0 aliphatic heterocycles. The number of carbonyl (C=O) groups is 1. The van der Waals surface area contributed by atoms with Crippen LogP contribution in [0.25, 0.3) is 5.82 Å². The molecule has 3 rings (SSSR count). The fraction of sp³-hybridized carbons (Fsp3) is 0.111. The number of pyridine rings is 1. The second-order valence-corrected chi connectivity index (χ2v) is 5.29. The predicted octanol–water partition coefficient (Wildman–Crippen LogP) is 3.01. The van der Waals surface area contributed by atoms with Crippen molar-refractivity contribution in [2.75, 3.05) is 5.32 Å². The Hall–Kier alpha value is -3.46. The van der Waals surface area contributed by atoms with Crippen LogP contribution in [0.3, 0.4) is 0 Å². The maximum absolute atomic E-state index is 12.6. The molecule has 0 saturated heterocycles. The van der Waals surface area contributed by atoms with Crippen molar-refractivity contribution in [3.8, 4) is 11.9 Å². The Morgan fingerprint density at radius 3 is 2.75 bits per heavy atom. The fourth-order valence-electron chi connectivity index (χ4n) is 2.42. The van der Waals surface area contributed by atoms with E-state index in [-0.39, 0.29) is 5.91 Å². The van der Waals surface area contributed by atoms with E-state index in [1.807, 2.05) is 25.1 Å². The van der Waals surface area contributed by atoms with Gasteiger partial charge in [-0.1, -0.05) is 12.1 Å². The van der Waals surface area contributed by atoms with Gasteiger partial charge in [0, 0.05) is 11.9 Å². The number of amides is 1. The second-order valence-electron chi connectivity index (χ2n) is 5.29. The minimum atomic E-state index is -0.270. The van der Waals surface area contributed by atoms with Gasteiger partial charge in [0.15, 0.2) is 5.82 Å². The molecule has 6 heteroatoms. The summed E-state index contributed by atoms with van der Waals surface area (Å²) in [7, 11) is 0. The van der Waals surface area contributed by atoms with Crippen molar-refractivity contribution >= 4 is 11.6 Å². The lowest BCUT2D eigenvalue weighted by Gasteiger charge is -2.09. The molecule has 6 nitrogen and oxygen atoms in total. The van der Waals surface area contributed by atoms with E-state index in [0.717, 1.165) is 5.56 Å². The molecule has 1 aromatic carbocycles. The third kappa shape index (κ3) is 2.75. The standard InChI is InChI=1S/C18H15N5O/c1-12-14(10-19)6-5-7-16(12)22-18(24)15-11-21-23(13(15)2)17-8-3-4-9-20-17/h3-9,11H,1-2H3,(H,22,24). The van der Waals surface area contributed by atoms with Crippen molar-refractivity contribution in [3.63, 3.8) is 0 Å². The van der Waals surface area contributed by atoms with Gasteiger partial charge in [0.25, 0.3) is 5.91 Å². The SMILES string of the molecule is Cc1c(C#N)cccc1NC(=O)c1cnn(-c2ccccn2)c1C. The number of aromatic nitrogens is 3. The van der Waals surface area contributed by atoms with E-state index in [1.54, 1.807) is 36.0 Å². The lowest BCUT2D eigenvalue weighted by atomic mass is 10.1. The topological polar surface area (TPSA) is 83.6 Å². The lowest BCUT2D eigenvalue weighted by molar-refractivity contribution is 0.102. The van der Waals surface area contributed by atoms with Crippen molar-refractivity contribution < 1.29 is 4.79 Å². The van der Waals surface area contributed by atoms with Crippen LogP contribution in [0.4, 0.5) is 5.69 Å². The predicted molar refractivity (Wildman–Crippen MR) is 89.9 cm³/mol. The maximum atomic E-state index is 12.6. The smallest absolute Gasteiger partial charge is 0.259 e. The molecule has 1 amide bonds. The molecule has 0 saturated carbocycles. The van der Waals surface area contributed by atoms with E-state index < -0.39 is 0 Å². The average Bonchev–Trinajstić information content (AvgIpc) is 2.99. The molecule has 0 radical (unpaired) electrons. The number of hydrogen-bond donors (Lipinski definition) is 1. The van der Waals surface area contributed by atoms with Gasteiger partial charge in [0.05, 0.1) is 29.1 Å². The van der Waals surface area contributed by atoms with Crippen LogP contribution < -0.4 is 5.32 Å². The van der Waals surface area contributed by atoms with Crippen molar-refractivity contribution in [2.24, 2.45) is 0 Å². The minimum absolute atomic E-state index is 0.270. The number of hydrogen-bond acceptors (Lipinski definition) is 4. The summed E-state index contributed by atoms with van der Waals surface area (Å²) in [5, 5.41) is 16.2. The third-order valence-electron chi connectivity index (χ3n) is 3.82. The highest BCUT2D eigenvalue weighted by atomic mass is 16.1. The third-order valence-corrected chi connectivity index (χ3v) is 3.82. The molecule has 0 fully saturated rings. The second kappa shape index (κ2) is 6.34. The molecule has 118 valence electrons. The molecule has 0 bridgehead atoms. The van der Waals surface area contributed by atoms with Crippen molar-refractivity contribution in [2.45, 2.75) is 13.8 Å². The summed E-state index contributed by atoms with van der Waals surface area (Å²) in [5.41, 5.74) is 3.04.